The summed E-state index contributed by atoms with van der Waals surface area (Å²) in [5, 5.41) is 0. The molecule has 31 heavy (non-hydrogen) atoms. The second-order valence-corrected chi connectivity index (χ2v) is 6.99. The monoisotopic (exact) mass is 465 g/mol. The fourth-order valence-electron chi connectivity index (χ4n) is 2.24. The van der Waals surface area contributed by atoms with E-state index in [2.05, 4.69) is 0 Å². The molecule has 0 aliphatic heterocycles. The highest BCUT2D eigenvalue weighted by atomic mass is 35.5. The molecule has 0 saturated heterocycles. The Balaban J connectivity index is -0.00000420. The number of carbonyl (C=O) groups excluding carboxylic acids is 4. The minimum atomic E-state index is -0.762. The van der Waals surface area contributed by atoms with Crippen molar-refractivity contribution in [3.8, 4) is 0 Å². The van der Waals surface area contributed by atoms with Crippen LogP contribution >= 0.6 is 0 Å². The zero-order valence-corrected chi connectivity index (χ0v) is 19.8. The first kappa shape index (κ1) is 30.8. The lowest BCUT2D eigenvalue weighted by atomic mass is 10.3. The molecule has 180 valence electrons. The molecule has 0 aliphatic rings. The summed E-state index contributed by atoms with van der Waals surface area (Å²) in [6.07, 6.45) is 2.56. The lowest BCUT2D eigenvalue weighted by Crippen LogP contribution is -3.12. The minimum Gasteiger partial charge on any atom is -1.00 e. The average Bonchev–Trinajstić information content (AvgIpc) is 2.65. The van der Waals surface area contributed by atoms with Crippen LogP contribution in [0.4, 0.5) is 0 Å². The molecule has 0 saturated carbocycles. The van der Waals surface area contributed by atoms with Crippen molar-refractivity contribution in [2.24, 2.45) is 0 Å². The van der Waals surface area contributed by atoms with Gasteiger partial charge < -0.3 is 36.3 Å². The van der Waals surface area contributed by atoms with Gasteiger partial charge in [-0.05, 0) is 41.5 Å². The SMILES string of the molecule is CC[NH+](CC)CC(COC(=O)/C=C/C(=O)OC(C)C)OC(=O)/C=C/C(=O)OC(C)C.[Cl-].[HH]. The molecule has 1 atom stereocenters. The first-order valence-corrected chi connectivity index (χ1v) is 10.1. The molecular weight excluding hydrogens is 430 g/mol. The van der Waals surface area contributed by atoms with Crippen molar-refractivity contribution in [3.63, 3.8) is 0 Å². The smallest absolute Gasteiger partial charge is 0.331 e. The fraction of sp³-hybridized carbons (Fsp3) is 0.619. The third-order valence-corrected chi connectivity index (χ3v) is 3.63. The van der Waals surface area contributed by atoms with Crippen LogP contribution in [-0.4, -0.2) is 68.4 Å². The van der Waals surface area contributed by atoms with E-state index >= 15 is 0 Å². The van der Waals surface area contributed by atoms with Crippen molar-refractivity contribution in [2.45, 2.75) is 59.9 Å². The van der Waals surface area contributed by atoms with Gasteiger partial charge >= 0.3 is 23.9 Å². The van der Waals surface area contributed by atoms with Gasteiger partial charge in [-0.2, -0.15) is 0 Å². The average molecular weight is 466 g/mol. The van der Waals surface area contributed by atoms with Crippen molar-refractivity contribution in [3.05, 3.63) is 24.3 Å². The van der Waals surface area contributed by atoms with Crippen LogP contribution in [0.25, 0.3) is 0 Å². The van der Waals surface area contributed by atoms with Crippen molar-refractivity contribution in [1.82, 2.24) is 0 Å². The Morgan fingerprint density at radius 3 is 1.52 bits per heavy atom. The van der Waals surface area contributed by atoms with E-state index in [4.69, 9.17) is 18.9 Å². The van der Waals surface area contributed by atoms with Gasteiger partial charge in [0.05, 0.1) is 25.3 Å². The molecule has 0 bridgehead atoms. The largest absolute Gasteiger partial charge is 1.00 e. The van der Waals surface area contributed by atoms with E-state index in [0.29, 0.717) is 6.54 Å². The molecule has 0 amide bonds. The summed E-state index contributed by atoms with van der Waals surface area (Å²) in [6.45, 7) is 12.5. The van der Waals surface area contributed by atoms with Gasteiger partial charge in [-0.15, -0.1) is 0 Å². The molecule has 9 nitrogen and oxygen atoms in total. The predicted molar refractivity (Wildman–Crippen MR) is 111 cm³/mol. The van der Waals surface area contributed by atoms with Gasteiger partial charge in [-0.1, -0.05) is 0 Å². The fourth-order valence-corrected chi connectivity index (χ4v) is 2.24. The second-order valence-electron chi connectivity index (χ2n) is 6.99. The van der Waals surface area contributed by atoms with Gasteiger partial charge in [0, 0.05) is 25.7 Å². The van der Waals surface area contributed by atoms with Gasteiger partial charge in [0.1, 0.15) is 13.2 Å². The molecule has 0 spiro atoms. The third kappa shape index (κ3) is 17.0. The molecule has 0 rings (SSSR count). The molecule has 10 heteroatoms. The highest BCUT2D eigenvalue weighted by Gasteiger charge is 2.21. The third-order valence-electron chi connectivity index (χ3n) is 3.63. The summed E-state index contributed by atoms with van der Waals surface area (Å²) < 4.78 is 20.2. The number of ether oxygens (including phenoxy) is 4. The number of esters is 4. The van der Waals surface area contributed by atoms with Crippen LogP contribution < -0.4 is 17.3 Å². The Morgan fingerprint density at radius 1 is 0.742 bits per heavy atom. The zero-order valence-electron chi connectivity index (χ0n) is 19.0. The van der Waals surface area contributed by atoms with Crippen LogP contribution in [0.3, 0.4) is 0 Å². The Bertz CT molecular complexity index is 633. The van der Waals surface area contributed by atoms with Gasteiger partial charge in [-0.25, -0.2) is 19.2 Å². The molecule has 0 aromatic carbocycles. The zero-order chi connectivity index (χ0) is 23.1. The Labute approximate surface area is 191 Å². The molecular formula is C21H36ClNO8. The summed E-state index contributed by atoms with van der Waals surface area (Å²) >= 11 is 0. The van der Waals surface area contributed by atoms with Crippen molar-refractivity contribution >= 4 is 23.9 Å². The van der Waals surface area contributed by atoms with E-state index in [1.165, 1.54) is 0 Å². The number of quaternary nitrogens is 1. The maximum atomic E-state index is 12.0. The van der Waals surface area contributed by atoms with E-state index in [1.54, 1.807) is 27.7 Å². The molecule has 0 radical (unpaired) electrons. The number of hydrogen-bond acceptors (Lipinski definition) is 8. The van der Waals surface area contributed by atoms with Crippen LogP contribution in [0.2, 0.25) is 0 Å². The lowest BCUT2D eigenvalue weighted by molar-refractivity contribution is -0.899. The lowest BCUT2D eigenvalue weighted by Gasteiger charge is -2.22. The number of hydrogen-bond donors (Lipinski definition) is 1. The van der Waals surface area contributed by atoms with E-state index in [0.717, 1.165) is 42.3 Å². The van der Waals surface area contributed by atoms with E-state index in [9.17, 15) is 19.2 Å². The summed E-state index contributed by atoms with van der Waals surface area (Å²) in [4.78, 5) is 47.9. The molecule has 0 fully saturated rings. The summed E-state index contributed by atoms with van der Waals surface area (Å²) in [5.74, 6) is -2.82. The number of likely N-dealkylation sites (N-methyl/N-ethyl adjacent to an activating group) is 1. The highest BCUT2D eigenvalue weighted by Crippen LogP contribution is 1.98. The van der Waals surface area contributed by atoms with E-state index < -0.39 is 30.0 Å². The maximum Gasteiger partial charge on any atom is 0.331 e. The first-order chi connectivity index (χ1) is 14.1. The van der Waals surface area contributed by atoms with Crippen LogP contribution in [0.1, 0.15) is 43.0 Å². The maximum absolute atomic E-state index is 12.0. The number of halogens is 1. The quantitative estimate of drug-likeness (QED) is 0.183. The standard InChI is InChI=1S/C21H33NO8.ClH.H2/c1-7-22(8-2)13-17(30-21(26)12-11-20(25)29-16(5)6)14-27-18(23)9-10-19(24)28-15(3)4;;/h9-12,15-17H,7-8,13-14H2,1-6H3;2*1H/b10-9+,12-11+;;. The highest BCUT2D eigenvalue weighted by molar-refractivity contribution is 5.92. The molecule has 0 aliphatic carbocycles. The Morgan fingerprint density at radius 2 is 1.13 bits per heavy atom. The van der Waals surface area contributed by atoms with Crippen LogP contribution in [0.15, 0.2) is 24.3 Å². The first-order valence-electron chi connectivity index (χ1n) is 10.1. The number of carbonyl (C=O) groups is 4. The van der Waals surface area contributed by atoms with Crippen molar-refractivity contribution < 1.29 is 56.9 Å². The molecule has 0 aromatic heterocycles. The Kier molecular flexibility index (Phi) is 17.2. The van der Waals surface area contributed by atoms with Crippen LogP contribution in [-0.2, 0) is 38.1 Å². The van der Waals surface area contributed by atoms with Gasteiger partial charge in [0.2, 0.25) is 0 Å². The molecule has 0 heterocycles. The predicted octanol–water partition coefficient (Wildman–Crippen LogP) is -2.37. The van der Waals surface area contributed by atoms with Crippen molar-refractivity contribution in [2.75, 3.05) is 26.2 Å². The van der Waals surface area contributed by atoms with E-state index in [-0.39, 0.29) is 32.6 Å². The number of nitrogens with one attached hydrogen (secondary N) is 1. The molecule has 1 unspecified atom stereocenters. The normalized spacial score (nSPS) is 12.2. The van der Waals surface area contributed by atoms with Crippen LogP contribution in [0.5, 0.6) is 0 Å². The van der Waals surface area contributed by atoms with Gasteiger partial charge in [0.15, 0.2) is 6.10 Å². The van der Waals surface area contributed by atoms with Crippen molar-refractivity contribution in [1.29, 1.82) is 0 Å². The van der Waals surface area contributed by atoms with Gasteiger partial charge in [-0.3, -0.25) is 0 Å². The molecule has 0 aromatic rings. The van der Waals surface area contributed by atoms with E-state index in [1.807, 2.05) is 13.8 Å². The summed E-state index contributed by atoms with van der Waals surface area (Å²) in [5.41, 5.74) is 0. The topological polar surface area (TPSA) is 110 Å². The summed E-state index contributed by atoms with van der Waals surface area (Å²) in [7, 11) is 0. The van der Waals surface area contributed by atoms with Crippen LogP contribution in [0, 0.1) is 0 Å². The number of rotatable bonds is 13. The second kappa shape index (κ2) is 17.3. The Hall–Kier alpha value is -2.39. The molecule has 1 N–H and O–H groups in total. The summed E-state index contributed by atoms with van der Waals surface area (Å²) in [6, 6.07) is 0. The van der Waals surface area contributed by atoms with Gasteiger partial charge in [0.25, 0.3) is 0 Å². The minimum absolute atomic E-state index is 0.